The summed E-state index contributed by atoms with van der Waals surface area (Å²) in [7, 11) is 0. The van der Waals surface area contributed by atoms with Gasteiger partial charge in [0.05, 0.1) is 6.61 Å². The van der Waals surface area contributed by atoms with Crippen LogP contribution in [0.15, 0.2) is 24.3 Å². The predicted molar refractivity (Wildman–Crippen MR) is 88.2 cm³/mol. The summed E-state index contributed by atoms with van der Waals surface area (Å²) in [6, 6.07) is 7.76. The molecule has 0 bridgehead atoms. The van der Waals surface area contributed by atoms with E-state index >= 15 is 0 Å². The third-order valence-corrected chi connectivity index (χ3v) is 4.02. The van der Waals surface area contributed by atoms with Crippen LogP contribution in [0.5, 0.6) is 0 Å². The van der Waals surface area contributed by atoms with Gasteiger partial charge in [0, 0.05) is 23.8 Å². The molecule has 2 N–H and O–H groups in total. The smallest absolute Gasteiger partial charge is 0.355 e. The van der Waals surface area contributed by atoms with E-state index in [0.29, 0.717) is 25.4 Å². The van der Waals surface area contributed by atoms with Crippen molar-refractivity contribution in [3.05, 3.63) is 57.4 Å². The summed E-state index contributed by atoms with van der Waals surface area (Å²) in [4.78, 5) is 15.0. The van der Waals surface area contributed by atoms with Gasteiger partial charge in [-0.25, -0.2) is 4.79 Å². The fourth-order valence-corrected chi connectivity index (χ4v) is 2.63. The summed E-state index contributed by atoms with van der Waals surface area (Å²) in [5, 5.41) is 4.12. The highest BCUT2D eigenvalue weighted by Gasteiger charge is 2.17. The van der Waals surface area contributed by atoms with Crippen molar-refractivity contribution < 1.29 is 9.53 Å². The maximum Gasteiger partial charge on any atom is 0.355 e. The van der Waals surface area contributed by atoms with Crippen LogP contribution in [0.4, 0.5) is 0 Å². The molecule has 0 fully saturated rings. The SMILES string of the molecule is CCOC(=O)c1[nH]c(C)c(CNCc2ccccc2Cl)c1C. The van der Waals surface area contributed by atoms with Gasteiger partial charge in [0.15, 0.2) is 0 Å². The molecule has 0 saturated heterocycles. The summed E-state index contributed by atoms with van der Waals surface area (Å²) >= 11 is 6.14. The number of rotatable bonds is 6. The highest BCUT2D eigenvalue weighted by molar-refractivity contribution is 6.31. The number of hydrogen-bond donors (Lipinski definition) is 2. The summed E-state index contributed by atoms with van der Waals surface area (Å²) in [6.45, 7) is 7.41. The van der Waals surface area contributed by atoms with Crippen molar-refractivity contribution in [1.29, 1.82) is 0 Å². The van der Waals surface area contributed by atoms with Gasteiger partial charge < -0.3 is 15.0 Å². The molecular formula is C17H21ClN2O2. The lowest BCUT2D eigenvalue weighted by Crippen LogP contribution is -2.14. The quantitative estimate of drug-likeness (QED) is 0.797. The highest BCUT2D eigenvalue weighted by atomic mass is 35.5. The van der Waals surface area contributed by atoms with Crippen molar-refractivity contribution in [3.8, 4) is 0 Å². The van der Waals surface area contributed by atoms with Gasteiger partial charge >= 0.3 is 5.97 Å². The Bertz CT molecular complexity index is 665. The molecule has 118 valence electrons. The van der Waals surface area contributed by atoms with Gasteiger partial charge in [0.25, 0.3) is 0 Å². The van der Waals surface area contributed by atoms with Crippen LogP contribution in [-0.4, -0.2) is 17.6 Å². The predicted octanol–water partition coefficient (Wildman–Crippen LogP) is 3.75. The zero-order valence-electron chi connectivity index (χ0n) is 13.1. The number of aryl methyl sites for hydroxylation is 1. The number of esters is 1. The van der Waals surface area contributed by atoms with E-state index in [0.717, 1.165) is 27.4 Å². The van der Waals surface area contributed by atoms with Crippen molar-refractivity contribution in [2.45, 2.75) is 33.9 Å². The molecule has 2 aromatic rings. The molecule has 0 saturated carbocycles. The Labute approximate surface area is 135 Å². The minimum atomic E-state index is -0.305. The molecule has 2 rings (SSSR count). The maximum absolute atomic E-state index is 11.9. The second kappa shape index (κ2) is 7.47. The molecule has 0 atom stereocenters. The molecule has 5 heteroatoms. The molecule has 1 heterocycles. The topological polar surface area (TPSA) is 54.1 Å². The zero-order chi connectivity index (χ0) is 16.1. The van der Waals surface area contributed by atoms with Gasteiger partial charge in [0.2, 0.25) is 0 Å². The molecule has 0 spiro atoms. The van der Waals surface area contributed by atoms with Crippen LogP contribution >= 0.6 is 11.6 Å². The first-order valence-corrected chi connectivity index (χ1v) is 7.71. The van der Waals surface area contributed by atoms with Crippen LogP contribution < -0.4 is 5.32 Å². The van der Waals surface area contributed by atoms with Crippen LogP contribution in [0.25, 0.3) is 0 Å². The summed E-state index contributed by atoms with van der Waals surface area (Å²) < 4.78 is 5.06. The molecule has 0 aliphatic rings. The number of halogens is 1. The molecule has 0 amide bonds. The number of aromatic amines is 1. The lowest BCUT2D eigenvalue weighted by atomic mass is 10.1. The number of benzene rings is 1. The number of H-pyrrole nitrogens is 1. The maximum atomic E-state index is 11.9. The Morgan fingerprint density at radius 3 is 2.68 bits per heavy atom. The van der Waals surface area contributed by atoms with Crippen molar-refractivity contribution in [2.24, 2.45) is 0 Å². The minimum Gasteiger partial charge on any atom is -0.461 e. The van der Waals surface area contributed by atoms with Crippen molar-refractivity contribution in [2.75, 3.05) is 6.61 Å². The van der Waals surface area contributed by atoms with E-state index in [1.165, 1.54) is 0 Å². The molecule has 1 aromatic heterocycles. The van der Waals surface area contributed by atoms with Crippen molar-refractivity contribution in [1.82, 2.24) is 10.3 Å². The van der Waals surface area contributed by atoms with Gasteiger partial charge in [-0.05, 0) is 43.5 Å². The van der Waals surface area contributed by atoms with Gasteiger partial charge in [-0.15, -0.1) is 0 Å². The van der Waals surface area contributed by atoms with Gasteiger partial charge in [-0.2, -0.15) is 0 Å². The van der Waals surface area contributed by atoms with E-state index in [2.05, 4.69) is 10.3 Å². The van der Waals surface area contributed by atoms with Crippen LogP contribution in [-0.2, 0) is 17.8 Å². The number of aromatic nitrogens is 1. The van der Waals surface area contributed by atoms with Gasteiger partial charge in [-0.1, -0.05) is 29.8 Å². The Kier molecular flexibility index (Phi) is 5.63. The van der Waals surface area contributed by atoms with Crippen molar-refractivity contribution >= 4 is 17.6 Å². The van der Waals surface area contributed by atoms with Crippen molar-refractivity contribution in [3.63, 3.8) is 0 Å². The van der Waals surface area contributed by atoms with Crippen LogP contribution in [0, 0.1) is 13.8 Å². The van der Waals surface area contributed by atoms with Crippen LogP contribution in [0.2, 0.25) is 5.02 Å². The first-order chi connectivity index (χ1) is 10.5. The number of carbonyl (C=O) groups excluding carboxylic acids is 1. The molecule has 1 aromatic carbocycles. The molecule has 4 nitrogen and oxygen atoms in total. The Morgan fingerprint density at radius 1 is 1.27 bits per heavy atom. The fraction of sp³-hybridized carbons (Fsp3) is 0.353. The number of ether oxygens (including phenoxy) is 1. The second-order valence-corrected chi connectivity index (χ2v) is 5.55. The normalized spacial score (nSPS) is 10.7. The fourth-order valence-electron chi connectivity index (χ4n) is 2.43. The highest BCUT2D eigenvalue weighted by Crippen LogP contribution is 2.19. The number of carbonyl (C=O) groups is 1. The minimum absolute atomic E-state index is 0.305. The third kappa shape index (κ3) is 3.70. The zero-order valence-corrected chi connectivity index (χ0v) is 13.9. The Morgan fingerprint density at radius 2 is 2.00 bits per heavy atom. The Hall–Kier alpha value is -1.78. The summed E-state index contributed by atoms with van der Waals surface area (Å²) in [5.74, 6) is -0.305. The average molecular weight is 321 g/mol. The van der Waals surface area contributed by atoms with E-state index in [4.69, 9.17) is 16.3 Å². The largest absolute Gasteiger partial charge is 0.461 e. The lowest BCUT2D eigenvalue weighted by molar-refractivity contribution is 0.0519. The van der Waals surface area contributed by atoms with Crippen LogP contribution in [0.1, 0.15) is 39.8 Å². The van der Waals surface area contributed by atoms with Crippen LogP contribution in [0.3, 0.4) is 0 Å². The molecular weight excluding hydrogens is 300 g/mol. The molecule has 0 radical (unpaired) electrons. The third-order valence-electron chi connectivity index (χ3n) is 3.65. The van der Waals surface area contributed by atoms with Gasteiger partial charge in [0.1, 0.15) is 5.69 Å². The number of hydrogen-bond acceptors (Lipinski definition) is 3. The summed E-state index contributed by atoms with van der Waals surface area (Å²) in [6.07, 6.45) is 0. The Balaban J connectivity index is 2.04. The average Bonchev–Trinajstić information content (AvgIpc) is 2.77. The molecule has 0 unspecified atom stereocenters. The molecule has 0 aliphatic carbocycles. The van der Waals surface area contributed by atoms with E-state index in [1.54, 1.807) is 6.92 Å². The van der Waals surface area contributed by atoms with E-state index in [-0.39, 0.29) is 5.97 Å². The first-order valence-electron chi connectivity index (χ1n) is 7.33. The number of nitrogens with one attached hydrogen (secondary N) is 2. The lowest BCUT2D eigenvalue weighted by Gasteiger charge is -2.07. The summed E-state index contributed by atoms with van der Waals surface area (Å²) in [5.41, 5.74) is 4.60. The van der Waals surface area contributed by atoms with E-state index in [9.17, 15) is 4.79 Å². The standard InChI is InChI=1S/C17H21ClN2O2/c1-4-22-17(21)16-11(2)14(12(3)20-16)10-19-9-13-7-5-6-8-15(13)18/h5-8,19-20H,4,9-10H2,1-3H3. The van der Waals surface area contributed by atoms with E-state index < -0.39 is 0 Å². The second-order valence-electron chi connectivity index (χ2n) is 5.14. The monoisotopic (exact) mass is 320 g/mol. The first kappa shape index (κ1) is 16.6. The van der Waals surface area contributed by atoms with E-state index in [1.807, 2.05) is 38.1 Å². The molecule has 22 heavy (non-hydrogen) atoms. The van der Waals surface area contributed by atoms with Gasteiger partial charge in [-0.3, -0.25) is 0 Å². The molecule has 0 aliphatic heterocycles.